The van der Waals surface area contributed by atoms with Gasteiger partial charge in [-0.05, 0) is 12.1 Å². The number of rotatable bonds is 5. The maximum atomic E-state index is 11.1. The molecule has 1 N–H and O–H groups in total. The lowest BCUT2D eigenvalue weighted by atomic mass is 10.4. The lowest BCUT2D eigenvalue weighted by molar-refractivity contribution is 0.684. The first-order chi connectivity index (χ1) is 6.72. The molecule has 0 spiro atoms. The van der Waals surface area contributed by atoms with Crippen LogP contribution in [0, 0.1) is 0 Å². The molecule has 78 valence electrons. The number of halogens is 1. The van der Waals surface area contributed by atoms with E-state index in [9.17, 15) is 4.21 Å². The minimum absolute atomic E-state index is 0.464. The van der Waals surface area contributed by atoms with Gasteiger partial charge in [0.25, 0.3) is 0 Å². The number of hydrogen-bond donors (Lipinski definition) is 1. The van der Waals surface area contributed by atoms with Crippen LogP contribution in [-0.2, 0) is 10.8 Å². The van der Waals surface area contributed by atoms with E-state index in [1.54, 1.807) is 6.07 Å². The maximum Gasteiger partial charge on any atom is 0.131 e. The standard InChI is InChI=1S/C9H13ClN2OS/c1-2-14(13)7-6-11-9-5-3-4-8(10)12-9/h3-5H,2,6-7H2,1H3,(H,11,12). The molecule has 0 fully saturated rings. The van der Waals surface area contributed by atoms with E-state index in [4.69, 9.17) is 11.6 Å². The smallest absolute Gasteiger partial charge is 0.131 e. The van der Waals surface area contributed by atoms with Crippen LogP contribution in [0.2, 0.25) is 5.15 Å². The number of anilines is 1. The molecule has 1 rings (SSSR count). The summed E-state index contributed by atoms with van der Waals surface area (Å²) in [5.41, 5.74) is 0. The molecule has 3 nitrogen and oxygen atoms in total. The molecule has 1 aromatic heterocycles. The SMILES string of the molecule is CCS(=O)CCNc1cccc(Cl)n1. The molecule has 0 aromatic carbocycles. The van der Waals surface area contributed by atoms with Gasteiger partial charge in [0.05, 0.1) is 0 Å². The van der Waals surface area contributed by atoms with E-state index in [0.717, 1.165) is 5.82 Å². The van der Waals surface area contributed by atoms with E-state index < -0.39 is 10.8 Å². The van der Waals surface area contributed by atoms with Gasteiger partial charge in [-0.3, -0.25) is 4.21 Å². The van der Waals surface area contributed by atoms with Crippen molar-refractivity contribution >= 4 is 28.2 Å². The number of nitrogens with zero attached hydrogens (tertiary/aromatic N) is 1. The molecule has 0 aliphatic heterocycles. The predicted molar refractivity (Wildman–Crippen MR) is 61.3 cm³/mol. The third kappa shape index (κ3) is 4.07. The molecule has 1 unspecified atom stereocenters. The van der Waals surface area contributed by atoms with Crippen LogP contribution in [0.5, 0.6) is 0 Å². The van der Waals surface area contributed by atoms with Crippen LogP contribution >= 0.6 is 11.6 Å². The highest BCUT2D eigenvalue weighted by atomic mass is 35.5. The highest BCUT2D eigenvalue weighted by Gasteiger charge is 1.97. The van der Waals surface area contributed by atoms with Gasteiger partial charge in [0.2, 0.25) is 0 Å². The Bertz CT molecular complexity index is 319. The molecule has 5 heteroatoms. The van der Waals surface area contributed by atoms with Gasteiger partial charge in [-0.2, -0.15) is 0 Å². The summed E-state index contributed by atoms with van der Waals surface area (Å²) in [6, 6.07) is 5.38. The minimum Gasteiger partial charge on any atom is -0.369 e. The summed E-state index contributed by atoms with van der Waals surface area (Å²) in [5.74, 6) is 2.07. The van der Waals surface area contributed by atoms with Crippen molar-refractivity contribution in [2.75, 3.05) is 23.4 Å². The van der Waals surface area contributed by atoms with Gasteiger partial charge in [-0.1, -0.05) is 24.6 Å². The summed E-state index contributed by atoms with van der Waals surface area (Å²) in [4.78, 5) is 4.05. The van der Waals surface area contributed by atoms with Crippen molar-refractivity contribution in [3.63, 3.8) is 0 Å². The second kappa shape index (κ2) is 5.98. The van der Waals surface area contributed by atoms with Crippen molar-refractivity contribution in [3.05, 3.63) is 23.4 Å². The van der Waals surface area contributed by atoms with E-state index in [0.29, 0.717) is 23.2 Å². The van der Waals surface area contributed by atoms with Crippen LogP contribution in [0.1, 0.15) is 6.92 Å². The third-order valence-electron chi connectivity index (χ3n) is 1.67. The summed E-state index contributed by atoms with van der Waals surface area (Å²) < 4.78 is 11.1. The monoisotopic (exact) mass is 232 g/mol. The highest BCUT2D eigenvalue weighted by molar-refractivity contribution is 7.84. The maximum absolute atomic E-state index is 11.1. The molecular weight excluding hydrogens is 220 g/mol. The first-order valence-electron chi connectivity index (χ1n) is 4.43. The lowest BCUT2D eigenvalue weighted by Crippen LogP contribution is -2.12. The predicted octanol–water partition coefficient (Wildman–Crippen LogP) is 1.92. The topological polar surface area (TPSA) is 42.0 Å². The number of nitrogens with one attached hydrogen (secondary N) is 1. The molecule has 0 radical (unpaired) electrons. The zero-order chi connectivity index (χ0) is 10.4. The first kappa shape index (κ1) is 11.5. The van der Waals surface area contributed by atoms with Crippen molar-refractivity contribution < 1.29 is 4.21 Å². The largest absolute Gasteiger partial charge is 0.369 e. The quantitative estimate of drug-likeness (QED) is 0.789. The Morgan fingerprint density at radius 2 is 2.36 bits per heavy atom. The van der Waals surface area contributed by atoms with Crippen molar-refractivity contribution in [3.8, 4) is 0 Å². The first-order valence-corrected chi connectivity index (χ1v) is 6.30. The normalized spacial score (nSPS) is 12.4. The van der Waals surface area contributed by atoms with E-state index in [1.165, 1.54) is 0 Å². The Labute approximate surface area is 91.3 Å². The summed E-state index contributed by atoms with van der Waals surface area (Å²) in [6.45, 7) is 2.57. The zero-order valence-corrected chi connectivity index (χ0v) is 9.57. The van der Waals surface area contributed by atoms with Gasteiger partial charge in [0, 0.05) is 28.9 Å². The summed E-state index contributed by atoms with van der Waals surface area (Å²) in [7, 11) is -0.729. The fourth-order valence-electron chi connectivity index (χ4n) is 0.944. The zero-order valence-electron chi connectivity index (χ0n) is 8.00. The van der Waals surface area contributed by atoms with Gasteiger partial charge in [-0.25, -0.2) is 4.98 Å². The van der Waals surface area contributed by atoms with Crippen molar-refractivity contribution in [1.82, 2.24) is 4.98 Å². The molecule has 1 atom stereocenters. The molecule has 1 heterocycles. The minimum atomic E-state index is -0.729. The van der Waals surface area contributed by atoms with Crippen LogP contribution in [0.3, 0.4) is 0 Å². The molecule has 0 aliphatic carbocycles. The van der Waals surface area contributed by atoms with Gasteiger partial charge in [0.15, 0.2) is 0 Å². The second-order valence-corrected chi connectivity index (χ2v) is 4.96. The average Bonchev–Trinajstić information content (AvgIpc) is 2.17. The Morgan fingerprint density at radius 3 is 3.00 bits per heavy atom. The Kier molecular flexibility index (Phi) is 4.90. The van der Waals surface area contributed by atoms with Crippen molar-refractivity contribution in [2.45, 2.75) is 6.92 Å². The van der Waals surface area contributed by atoms with Gasteiger partial charge < -0.3 is 5.32 Å². The molecule has 0 amide bonds. The highest BCUT2D eigenvalue weighted by Crippen LogP contribution is 2.08. The Hall–Kier alpha value is -0.610. The molecule has 0 saturated carbocycles. The third-order valence-corrected chi connectivity index (χ3v) is 3.19. The van der Waals surface area contributed by atoms with Crippen molar-refractivity contribution in [1.29, 1.82) is 0 Å². The molecular formula is C9H13ClN2OS. The molecule has 0 bridgehead atoms. The number of hydrogen-bond acceptors (Lipinski definition) is 3. The number of pyridine rings is 1. The average molecular weight is 233 g/mol. The fraction of sp³-hybridized carbons (Fsp3) is 0.444. The molecule has 0 saturated heterocycles. The molecule has 0 aliphatic rings. The van der Waals surface area contributed by atoms with Gasteiger partial charge in [-0.15, -0.1) is 0 Å². The van der Waals surface area contributed by atoms with Crippen molar-refractivity contribution in [2.24, 2.45) is 0 Å². The van der Waals surface area contributed by atoms with Crippen LogP contribution in [0.4, 0.5) is 5.82 Å². The lowest BCUT2D eigenvalue weighted by Gasteiger charge is -2.04. The van der Waals surface area contributed by atoms with E-state index in [-0.39, 0.29) is 0 Å². The summed E-state index contributed by atoms with van der Waals surface area (Å²) in [5, 5.41) is 3.53. The van der Waals surface area contributed by atoms with E-state index in [2.05, 4.69) is 10.3 Å². The van der Waals surface area contributed by atoms with E-state index in [1.807, 2.05) is 19.1 Å². The fourth-order valence-corrected chi connectivity index (χ4v) is 1.73. The van der Waals surface area contributed by atoms with Crippen LogP contribution in [0.15, 0.2) is 18.2 Å². The number of aromatic nitrogens is 1. The summed E-state index contributed by atoms with van der Waals surface area (Å²) in [6.07, 6.45) is 0. The van der Waals surface area contributed by atoms with Gasteiger partial charge >= 0.3 is 0 Å². The van der Waals surface area contributed by atoms with Crippen LogP contribution in [-0.4, -0.2) is 27.2 Å². The summed E-state index contributed by atoms with van der Waals surface area (Å²) >= 11 is 5.70. The van der Waals surface area contributed by atoms with Gasteiger partial charge in [0.1, 0.15) is 11.0 Å². The second-order valence-electron chi connectivity index (χ2n) is 2.70. The van der Waals surface area contributed by atoms with Crippen LogP contribution in [0.25, 0.3) is 0 Å². The van der Waals surface area contributed by atoms with Crippen LogP contribution < -0.4 is 5.32 Å². The Balaban J connectivity index is 2.35. The van der Waals surface area contributed by atoms with E-state index >= 15 is 0 Å². The molecule has 14 heavy (non-hydrogen) atoms. The Morgan fingerprint density at radius 1 is 1.57 bits per heavy atom. The molecule has 1 aromatic rings.